The molecule has 0 amide bonds. The molecule has 0 spiro atoms. The fraction of sp³-hybridized carbons (Fsp3) is 0.222. The van der Waals surface area contributed by atoms with Crippen molar-refractivity contribution in [1.82, 2.24) is 0 Å². The molecule has 1 aromatic rings. The molecule has 0 fully saturated rings. The van der Waals surface area contributed by atoms with Gasteiger partial charge in [-0.2, -0.15) is 0 Å². The topological polar surface area (TPSA) is 43.1 Å². The number of ketones is 1. The molecule has 0 saturated carbocycles. The van der Waals surface area contributed by atoms with Gasteiger partial charge in [0.15, 0.2) is 5.78 Å². The van der Waals surface area contributed by atoms with Gasteiger partial charge in [-0.15, -0.1) is 0 Å². The third kappa shape index (κ3) is 1.86. The van der Waals surface area contributed by atoms with E-state index in [0.29, 0.717) is 0 Å². The molecular weight excluding hydrogens is 195 g/mol. The minimum Gasteiger partial charge on any atom is -0.398 e. The van der Waals surface area contributed by atoms with Gasteiger partial charge in [-0.3, -0.25) is 4.79 Å². The molecule has 0 unspecified atom stereocenters. The van der Waals surface area contributed by atoms with Crippen LogP contribution in [-0.2, 0) is 0 Å². The van der Waals surface area contributed by atoms with Crippen LogP contribution in [0.1, 0.15) is 29.3 Å². The maximum atomic E-state index is 13.0. The fourth-order valence-corrected chi connectivity index (χ4v) is 1.07. The largest absolute Gasteiger partial charge is 0.398 e. The zero-order valence-electron chi connectivity index (χ0n) is 7.35. The number of halogens is 3. The highest BCUT2D eigenvalue weighted by molar-refractivity contribution is 5.95. The second-order valence-electron chi connectivity index (χ2n) is 2.82. The van der Waals surface area contributed by atoms with Gasteiger partial charge < -0.3 is 5.73 Å². The molecule has 0 bridgehead atoms. The summed E-state index contributed by atoms with van der Waals surface area (Å²) in [6, 6.07) is 1.81. The van der Waals surface area contributed by atoms with E-state index >= 15 is 0 Å². The van der Waals surface area contributed by atoms with Crippen LogP contribution in [-0.4, -0.2) is 5.78 Å². The van der Waals surface area contributed by atoms with Crippen LogP contribution in [0.15, 0.2) is 12.1 Å². The van der Waals surface area contributed by atoms with E-state index in [0.717, 1.165) is 12.1 Å². The summed E-state index contributed by atoms with van der Waals surface area (Å²) in [5, 5.41) is 0. The number of nitrogen functional groups attached to an aromatic ring is 1. The Morgan fingerprint density at radius 2 is 2.00 bits per heavy atom. The summed E-state index contributed by atoms with van der Waals surface area (Å²) in [5.41, 5.74) is 3.93. The average molecular weight is 203 g/mol. The number of carbonyl (C=O) groups excluding carboxylic acids is 1. The van der Waals surface area contributed by atoms with Gasteiger partial charge in [-0.1, -0.05) is 0 Å². The smallest absolute Gasteiger partial charge is 0.268 e. The van der Waals surface area contributed by atoms with Crippen LogP contribution >= 0.6 is 0 Å². The second kappa shape index (κ2) is 3.69. The molecule has 1 rings (SSSR count). The molecule has 14 heavy (non-hydrogen) atoms. The van der Waals surface area contributed by atoms with Crippen molar-refractivity contribution in [2.45, 2.75) is 13.3 Å². The highest BCUT2D eigenvalue weighted by Crippen LogP contribution is 2.28. The third-order valence-corrected chi connectivity index (χ3v) is 1.79. The summed E-state index contributed by atoms with van der Waals surface area (Å²) in [5.74, 6) is -1.57. The lowest BCUT2D eigenvalue weighted by molar-refractivity contribution is 0.101. The van der Waals surface area contributed by atoms with Crippen molar-refractivity contribution in [3.63, 3.8) is 0 Å². The molecule has 0 aromatic heterocycles. The predicted octanol–water partition coefficient (Wildman–Crippen LogP) is 2.55. The Bertz CT molecular complexity index is 353. The van der Waals surface area contributed by atoms with Gasteiger partial charge in [-0.05, 0) is 19.1 Å². The van der Waals surface area contributed by atoms with E-state index in [2.05, 4.69) is 0 Å². The molecule has 0 saturated heterocycles. The Hall–Kier alpha value is -1.52. The standard InChI is InChI=1S/C9H8F3NO/c1-4(14)5-2-6(10)8(9(11)12)7(13)3-5/h2-3,9H,13H2,1H3. The lowest BCUT2D eigenvalue weighted by Gasteiger charge is -2.07. The van der Waals surface area contributed by atoms with E-state index in [1.807, 2.05) is 0 Å². The Morgan fingerprint density at radius 1 is 1.43 bits per heavy atom. The van der Waals surface area contributed by atoms with E-state index in [9.17, 15) is 18.0 Å². The molecule has 0 atom stereocenters. The number of benzene rings is 1. The molecule has 0 aliphatic carbocycles. The zero-order valence-corrected chi connectivity index (χ0v) is 7.35. The quantitative estimate of drug-likeness (QED) is 0.592. The number of hydrogen-bond donors (Lipinski definition) is 1. The van der Waals surface area contributed by atoms with Gasteiger partial charge in [0.05, 0.1) is 5.56 Å². The predicted molar refractivity (Wildman–Crippen MR) is 45.8 cm³/mol. The minimum atomic E-state index is -2.98. The first kappa shape index (κ1) is 10.6. The average Bonchev–Trinajstić information content (AvgIpc) is 2.01. The molecule has 0 heterocycles. The maximum absolute atomic E-state index is 13.0. The van der Waals surface area contributed by atoms with Crippen LogP contribution in [0.5, 0.6) is 0 Å². The number of carbonyl (C=O) groups is 1. The SMILES string of the molecule is CC(=O)c1cc(N)c(C(F)F)c(F)c1. The lowest BCUT2D eigenvalue weighted by Crippen LogP contribution is -2.03. The van der Waals surface area contributed by atoms with Crippen molar-refractivity contribution in [2.24, 2.45) is 0 Å². The normalized spacial score (nSPS) is 10.6. The Morgan fingerprint density at radius 3 is 2.36 bits per heavy atom. The summed E-state index contributed by atoms with van der Waals surface area (Å²) >= 11 is 0. The number of alkyl halides is 2. The van der Waals surface area contributed by atoms with E-state index in [4.69, 9.17) is 5.73 Å². The van der Waals surface area contributed by atoms with Crippen molar-refractivity contribution in [3.05, 3.63) is 29.1 Å². The van der Waals surface area contributed by atoms with Crippen LogP contribution in [0.2, 0.25) is 0 Å². The summed E-state index contributed by atoms with van der Waals surface area (Å²) in [6.45, 7) is 1.20. The first-order chi connectivity index (χ1) is 6.43. The molecule has 0 radical (unpaired) electrons. The fourth-order valence-electron chi connectivity index (χ4n) is 1.07. The minimum absolute atomic E-state index is 0.00981. The van der Waals surface area contributed by atoms with E-state index in [-0.39, 0.29) is 5.56 Å². The molecule has 0 aliphatic heterocycles. The van der Waals surface area contributed by atoms with E-state index in [1.54, 1.807) is 0 Å². The zero-order chi connectivity index (χ0) is 10.9. The van der Waals surface area contributed by atoms with Crippen molar-refractivity contribution in [2.75, 3.05) is 5.73 Å². The number of anilines is 1. The molecule has 2 nitrogen and oxygen atoms in total. The highest BCUT2D eigenvalue weighted by atomic mass is 19.3. The third-order valence-electron chi connectivity index (χ3n) is 1.79. The van der Waals surface area contributed by atoms with Gasteiger partial charge in [0.2, 0.25) is 0 Å². The van der Waals surface area contributed by atoms with Crippen molar-refractivity contribution >= 4 is 11.5 Å². The van der Waals surface area contributed by atoms with Gasteiger partial charge in [-0.25, -0.2) is 13.2 Å². The molecular formula is C9H8F3NO. The summed E-state index contributed by atoms with van der Waals surface area (Å²) in [4.78, 5) is 10.8. The van der Waals surface area contributed by atoms with Gasteiger partial charge >= 0.3 is 0 Å². The van der Waals surface area contributed by atoms with Gasteiger partial charge in [0, 0.05) is 11.3 Å². The van der Waals surface area contributed by atoms with Crippen LogP contribution in [0, 0.1) is 5.82 Å². The Balaban J connectivity index is 3.32. The van der Waals surface area contributed by atoms with Crippen LogP contribution in [0.25, 0.3) is 0 Å². The van der Waals surface area contributed by atoms with Gasteiger partial charge in [0.25, 0.3) is 6.43 Å². The molecule has 5 heteroatoms. The Labute approximate surface area is 78.5 Å². The lowest BCUT2D eigenvalue weighted by atomic mass is 10.1. The number of nitrogens with two attached hydrogens (primary N) is 1. The summed E-state index contributed by atoms with van der Waals surface area (Å²) in [7, 11) is 0. The molecule has 76 valence electrons. The monoisotopic (exact) mass is 203 g/mol. The second-order valence-corrected chi connectivity index (χ2v) is 2.82. The van der Waals surface area contributed by atoms with Crippen LogP contribution in [0.3, 0.4) is 0 Å². The summed E-state index contributed by atoms with van der Waals surface area (Å²) in [6.07, 6.45) is -2.98. The highest BCUT2D eigenvalue weighted by Gasteiger charge is 2.18. The summed E-state index contributed by atoms with van der Waals surface area (Å²) < 4.78 is 37.4. The number of hydrogen-bond acceptors (Lipinski definition) is 2. The van der Waals surface area contributed by atoms with Crippen LogP contribution in [0.4, 0.5) is 18.9 Å². The molecule has 0 aliphatic rings. The van der Waals surface area contributed by atoms with E-state index < -0.39 is 29.3 Å². The van der Waals surface area contributed by atoms with E-state index in [1.165, 1.54) is 6.92 Å². The molecule has 2 N–H and O–H groups in total. The number of Topliss-reactive ketones (excluding diaryl/α,β-unsaturated/α-hetero) is 1. The first-order valence-electron chi connectivity index (χ1n) is 3.81. The molecule has 1 aromatic carbocycles. The van der Waals surface area contributed by atoms with Crippen molar-refractivity contribution < 1.29 is 18.0 Å². The van der Waals surface area contributed by atoms with Gasteiger partial charge in [0.1, 0.15) is 5.82 Å². The Kier molecular flexibility index (Phi) is 2.78. The van der Waals surface area contributed by atoms with Crippen LogP contribution < -0.4 is 5.73 Å². The van der Waals surface area contributed by atoms with Crippen molar-refractivity contribution in [1.29, 1.82) is 0 Å². The number of rotatable bonds is 2. The maximum Gasteiger partial charge on any atom is 0.268 e. The van der Waals surface area contributed by atoms with Crippen molar-refractivity contribution in [3.8, 4) is 0 Å². The first-order valence-corrected chi connectivity index (χ1v) is 3.81.